The van der Waals surface area contributed by atoms with Gasteiger partial charge in [-0.1, -0.05) is 88.4 Å². The first-order chi connectivity index (χ1) is 12.8. The minimum atomic E-state index is -0.693. The van der Waals surface area contributed by atoms with Gasteiger partial charge >= 0.3 is 0 Å². The van der Waals surface area contributed by atoms with E-state index < -0.39 is 18.3 Å². The number of hydrogen-bond donors (Lipinski definition) is 1. The fraction of sp³-hybridized carbons (Fsp3) is 0.350. The summed E-state index contributed by atoms with van der Waals surface area (Å²) in [6.45, 7) is 0.799. The minimum absolute atomic E-state index is 0.276. The van der Waals surface area contributed by atoms with Crippen molar-refractivity contribution >= 4 is 28.8 Å². The monoisotopic (exact) mass is 467 g/mol. The molecule has 0 aromatic heterocycles. The van der Waals surface area contributed by atoms with Crippen LogP contribution in [0.15, 0.2) is 65.8 Å². The van der Waals surface area contributed by atoms with Crippen LogP contribution in [0.4, 0.5) is 0 Å². The predicted molar refractivity (Wildman–Crippen MR) is 108 cm³/mol. The zero-order chi connectivity index (χ0) is 18.2. The third kappa shape index (κ3) is 5.26. The number of hydrogen-bond acceptors (Lipinski definition) is 5. The SMILES string of the molecule is O[C@H]1[C@H](OCc2ccccc2)[C@H](/C=N\OCc2ccccc2)O[C@H]1CI. The molecule has 0 bridgehead atoms. The molecule has 1 N–H and O–H groups in total. The summed E-state index contributed by atoms with van der Waals surface area (Å²) in [6, 6.07) is 19.7. The van der Waals surface area contributed by atoms with E-state index in [9.17, 15) is 5.11 Å². The van der Waals surface area contributed by atoms with E-state index in [1.807, 2.05) is 60.7 Å². The molecule has 0 radical (unpaired) electrons. The maximum atomic E-state index is 10.5. The molecular formula is C20H22INO4. The van der Waals surface area contributed by atoms with Crippen LogP contribution in [0.25, 0.3) is 0 Å². The van der Waals surface area contributed by atoms with Crippen LogP contribution in [0, 0.1) is 0 Å². The minimum Gasteiger partial charge on any atom is -0.391 e. The van der Waals surface area contributed by atoms with Gasteiger partial charge in [0, 0.05) is 4.43 Å². The Morgan fingerprint density at radius 3 is 2.23 bits per heavy atom. The number of benzene rings is 2. The Hall–Kier alpha value is -1.48. The molecule has 2 aromatic rings. The van der Waals surface area contributed by atoms with Gasteiger partial charge in [0.2, 0.25) is 0 Å². The van der Waals surface area contributed by atoms with E-state index in [2.05, 4.69) is 27.7 Å². The second-order valence-corrected chi connectivity index (χ2v) is 6.94. The average Bonchev–Trinajstić information content (AvgIpc) is 3.00. The molecule has 4 atom stereocenters. The molecule has 0 amide bonds. The Morgan fingerprint density at radius 2 is 1.62 bits per heavy atom. The normalized spacial score (nSPS) is 25.6. The summed E-state index contributed by atoms with van der Waals surface area (Å²) < 4.78 is 12.5. The molecule has 1 saturated heterocycles. The summed E-state index contributed by atoms with van der Waals surface area (Å²) in [6.07, 6.45) is -0.305. The number of halogens is 1. The number of nitrogens with zero attached hydrogens (tertiary/aromatic N) is 1. The zero-order valence-corrected chi connectivity index (χ0v) is 16.4. The highest BCUT2D eigenvalue weighted by atomic mass is 127. The lowest BCUT2D eigenvalue weighted by Gasteiger charge is -2.18. The summed E-state index contributed by atoms with van der Waals surface area (Å²) in [5.74, 6) is 0. The Kier molecular flexibility index (Phi) is 7.43. The molecule has 0 spiro atoms. The molecular weight excluding hydrogens is 445 g/mol. The Morgan fingerprint density at radius 1 is 1.00 bits per heavy atom. The molecule has 0 unspecified atom stereocenters. The van der Waals surface area contributed by atoms with Crippen molar-refractivity contribution in [1.82, 2.24) is 0 Å². The Balaban J connectivity index is 1.56. The van der Waals surface area contributed by atoms with Gasteiger partial charge in [-0.2, -0.15) is 0 Å². The zero-order valence-electron chi connectivity index (χ0n) is 14.3. The molecule has 138 valence electrons. The van der Waals surface area contributed by atoms with E-state index in [1.54, 1.807) is 6.21 Å². The highest BCUT2D eigenvalue weighted by Gasteiger charge is 2.43. The number of aliphatic hydroxyl groups excluding tert-OH is 1. The largest absolute Gasteiger partial charge is 0.391 e. The molecule has 1 aliphatic rings. The van der Waals surface area contributed by atoms with E-state index >= 15 is 0 Å². The van der Waals surface area contributed by atoms with Crippen LogP contribution in [0.3, 0.4) is 0 Å². The molecule has 0 saturated carbocycles. The van der Waals surface area contributed by atoms with Crippen LogP contribution in [0.5, 0.6) is 0 Å². The average molecular weight is 467 g/mol. The summed E-state index contributed by atoms with van der Waals surface area (Å²) in [4.78, 5) is 5.35. The van der Waals surface area contributed by atoms with E-state index in [1.165, 1.54) is 0 Å². The molecule has 1 fully saturated rings. The standard InChI is InChI=1S/C20H22INO4/c21-11-17-19(23)20(24-13-15-7-3-1-4-8-15)18(26-17)12-22-25-14-16-9-5-2-6-10-16/h1-10,12,17-20,23H,11,13-14H2/b22-12-/t17-,18-,19+,20+/m0/s1. The molecule has 3 rings (SSSR count). The number of ether oxygens (including phenoxy) is 2. The summed E-state index contributed by atoms with van der Waals surface area (Å²) in [5.41, 5.74) is 2.09. The van der Waals surface area contributed by atoms with Crippen molar-refractivity contribution in [1.29, 1.82) is 0 Å². The van der Waals surface area contributed by atoms with Crippen molar-refractivity contribution in [2.75, 3.05) is 4.43 Å². The van der Waals surface area contributed by atoms with Crippen LogP contribution >= 0.6 is 22.6 Å². The molecule has 6 heteroatoms. The van der Waals surface area contributed by atoms with Gasteiger partial charge in [-0.15, -0.1) is 0 Å². The fourth-order valence-corrected chi connectivity index (χ4v) is 3.49. The van der Waals surface area contributed by atoms with Crippen molar-refractivity contribution in [2.45, 2.75) is 37.6 Å². The first-order valence-electron chi connectivity index (χ1n) is 8.52. The van der Waals surface area contributed by atoms with E-state index in [0.29, 0.717) is 17.6 Å². The van der Waals surface area contributed by atoms with Crippen molar-refractivity contribution in [3.8, 4) is 0 Å². The van der Waals surface area contributed by atoms with Crippen LogP contribution in [-0.2, 0) is 27.5 Å². The number of oxime groups is 1. The van der Waals surface area contributed by atoms with Crippen molar-refractivity contribution in [2.24, 2.45) is 5.16 Å². The highest BCUT2D eigenvalue weighted by molar-refractivity contribution is 14.1. The van der Waals surface area contributed by atoms with E-state index in [4.69, 9.17) is 14.3 Å². The maximum Gasteiger partial charge on any atom is 0.142 e. The first kappa shape index (κ1) is 19.3. The summed E-state index contributed by atoms with van der Waals surface area (Å²) in [7, 11) is 0. The van der Waals surface area contributed by atoms with Crippen LogP contribution in [0.1, 0.15) is 11.1 Å². The number of rotatable bonds is 8. The Labute approximate surface area is 167 Å². The lowest BCUT2D eigenvalue weighted by atomic mass is 10.1. The first-order valence-corrected chi connectivity index (χ1v) is 10.0. The number of alkyl halides is 1. The smallest absolute Gasteiger partial charge is 0.142 e. The van der Waals surface area contributed by atoms with Gasteiger partial charge in [-0.25, -0.2) is 0 Å². The van der Waals surface area contributed by atoms with Gasteiger partial charge in [-0.05, 0) is 11.1 Å². The van der Waals surface area contributed by atoms with Gasteiger partial charge in [0.25, 0.3) is 0 Å². The fourth-order valence-electron chi connectivity index (χ4n) is 2.76. The number of aliphatic hydroxyl groups is 1. The summed E-state index contributed by atoms with van der Waals surface area (Å²) in [5, 5.41) is 14.5. The maximum absolute atomic E-state index is 10.5. The van der Waals surface area contributed by atoms with Gasteiger partial charge in [-0.3, -0.25) is 0 Å². The molecule has 0 aliphatic carbocycles. The van der Waals surface area contributed by atoms with Crippen LogP contribution in [-0.4, -0.2) is 40.2 Å². The van der Waals surface area contributed by atoms with Gasteiger partial charge < -0.3 is 19.4 Å². The van der Waals surface area contributed by atoms with Crippen molar-refractivity contribution < 1.29 is 19.4 Å². The van der Waals surface area contributed by atoms with E-state index in [0.717, 1.165) is 11.1 Å². The molecule has 2 aromatic carbocycles. The third-order valence-electron chi connectivity index (χ3n) is 4.17. The Bertz CT molecular complexity index is 683. The van der Waals surface area contributed by atoms with Crippen molar-refractivity contribution in [3.63, 3.8) is 0 Å². The topological polar surface area (TPSA) is 60.3 Å². The van der Waals surface area contributed by atoms with Crippen molar-refractivity contribution in [3.05, 3.63) is 71.8 Å². The molecule has 26 heavy (non-hydrogen) atoms. The molecule has 1 heterocycles. The molecule has 5 nitrogen and oxygen atoms in total. The third-order valence-corrected chi connectivity index (χ3v) is 5.04. The molecule has 1 aliphatic heterocycles. The second kappa shape index (κ2) is 10.0. The van der Waals surface area contributed by atoms with E-state index in [-0.39, 0.29) is 6.10 Å². The predicted octanol–water partition coefficient (Wildman–Crippen LogP) is 3.34. The van der Waals surface area contributed by atoms with Crippen LogP contribution in [0.2, 0.25) is 0 Å². The van der Waals surface area contributed by atoms with Gasteiger partial charge in [0.05, 0.1) is 18.9 Å². The summed E-state index contributed by atoms with van der Waals surface area (Å²) >= 11 is 2.20. The lowest BCUT2D eigenvalue weighted by Crippen LogP contribution is -2.36. The lowest BCUT2D eigenvalue weighted by molar-refractivity contribution is -0.0311. The van der Waals surface area contributed by atoms with Gasteiger partial charge in [0.15, 0.2) is 0 Å². The van der Waals surface area contributed by atoms with Crippen LogP contribution < -0.4 is 0 Å². The highest BCUT2D eigenvalue weighted by Crippen LogP contribution is 2.25. The quantitative estimate of drug-likeness (QED) is 0.280. The second-order valence-electron chi connectivity index (χ2n) is 6.06. The van der Waals surface area contributed by atoms with Gasteiger partial charge in [0.1, 0.15) is 24.9 Å².